The molecule has 3 rings (SSSR count). The minimum atomic E-state index is -0.152. The highest BCUT2D eigenvalue weighted by molar-refractivity contribution is 5.94. The van der Waals surface area contributed by atoms with E-state index in [2.05, 4.69) is 19.2 Å². The van der Waals surface area contributed by atoms with Crippen molar-refractivity contribution in [1.29, 1.82) is 0 Å². The van der Waals surface area contributed by atoms with E-state index < -0.39 is 0 Å². The molecule has 0 unspecified atom stereocenters. The Balaban J connectivity index is 2.02. The molecule has 6 nitrogen and oxygen atoms in total. The molecule has 152 valence electrons. The lowest BCUT2D eigenvalue weighted by molar-refractivity contribution is 0.0944. The van der Waals surface area contributed by atoms with Gasteiger partial charge in [0.1, 0.15) is 17.2 Å². The van der Waals surface area contributed by atoms with Gasteiger partial charge in [-0.15, -0.1) is 0 Å². The Hall–Kier alpha value is -3.28. The number of benzene rings is 2. The number of rotatable bonds is 8. The Morgan fingerprint density at radius 2 is 1.83 bits per heavy atom. The Bertz CT molecular complexity index is 965. The lowest BCUT2D eigenvalue weighted by Gasteiger charge is -2.09. The van der Waals surface area contributed by atoms with Crippen LogP contribution in [0.25, 0.3) is 16.9 Å². The van der Waals surface area contributed by atoms with Crippen molar-refractivity contribution in [3.8, 4) is 28.4 Å². The fourth-order valence-electron chi connectivity index (χ4n) is 3.02. The highest BCUT2D eigenvalue weighted by Crippen LogP contribution is 2.33. The molecule has 0 saturated heterocycles. The van der Waals surface area contributed by atoms with Crippen LogP contribution in [0.15, 0.2) is 54.6 Å². The van der Waals surface area contributed by atoms with E-state index in [0.717, 1.165) is 17.7 Å². The van der Waals surface area contributed by atoms with Crippen LogP contribution in [0.2, 0.25) is 0 Å². The molecule has 0 radical (unpaired) electrons. The summed E-state index contributed by atoms with van der Waals surface area (Å²) in [6.07, 6.45) is 0.921. The van der Waals surface area contributed by atoms with Crippen LogP contribution < -0.4 is 14.8 Å². The lowest BCUT2D eigenvalue weighted by Crippen LogP contribution is -2.27. The number of hydrogen-bond donors (Lipinski definition) is 1. The third-order valence-corrected chi connectivity index (χ3v) is 4.63. The molecule has 2 aromatic carbocycles. The molecule has 29 heavy (non-hydrogen) atoms. The van der Waals surface area contributed by atoms with Crippen LogP contribution in [0.1, 0.15) is 30.8 Å². The quantitative estimate of drug-likeness (QED) is 0.619. The smallest absolute Gasteiger partial charge is 0.270 e. The van der Waals surface area contributed by atoms with Gasteiger partial charge in [0.05, 0.1) is 25.6 Å². The topological polar surface area (TPSA) is 65.4 Å². The van der Waals surface area contributed by atoms with Crippen LogP contribution >= 0.6 is 0 Å². The van der Waals surface area contributed by atoms with Crippen molar-refractivity contribution in [2.75, 3.05) is 20.8 Å². The maximum atomic E-state index is 12.9. The van der Waals surface area contributed by atoms with Crippen LogP contribution in [-0.4, -0.2) is 36.5 Å². The molecule has 0 spiro atoms. The number of carbonyl (C=O) groups excluding carboxylic acids is 1. The summed E-state index contributed by atoms with van der Waals surface area (Å²) in [5.74, 6) is 1.70. The number of amides is 1. The van der Waals surface area contributed by atoms with Gasteiger partial charge >= 0.3 is 0 Å². The van der Waals surface area contributed by atoms with E-state index in [4.69, 9.17) is 14.6 Å². The molecule has 0 aliphatic rings. The molecule has 0 bridgehead atoms. The molecule has 1 aromatic heterocycles. The van der Waals surface area contributed by atoms with Crippen molar-refractivity contribution >= 4 is 5.91 Å². The lowest BCUT2D eigenvalue weighted by atomic mass is 10.1. The summed E-state index contributed by atoms with van der Waals surface area (Å²) < 4.78 is 12.5. The van der Waals surface area contributed by atoms with Gasteiger partial charge in [0, 0.05) is 18.2 Å². The van der Waals surface area contributed by atoms with E-state index in [-0.39, 0.29) is 5.91 Å². The van der Waals surface area contributed by atoms with E-state index >= 15 is 0 Å². The number of hydrogen-bond acceptors (Lipinski definition) is 4. The molecule has 1 amide bonds. The average Bonchev–Trinajstić information content (AvgIpc) is 3.19. The SMILES string of the molecule is COc1ccc(-c2cc(C(=O)NCCC(C)C)n(-c3ccccc3)n2)c(OC)c1. The van der Waals surface area contributed by atoms with Crippen molar-refractivity contribution in [3.63, 3.8) is 0 Å². The maximum absolute atomic E-state index is 12.9. The summed E-state index contributed by atoms with van der Waals surface area (Å²) >= 11 is 0. The van der Waals surface area contributed by atoms with Crippen molar-refractivity contribution < 1.29 is 14.3 Å². The summed E-state index contributed by atoms with van der Waals surface area (Å²) in [5, 5.41) is 7.72. The molecule has 3 aromatic rings. The fourth-order valence-corrected chi connectivity index (χ4v) is 3.02. The molecule has 0 aliphatic heterocycles. The minimum Gasteiger partial charge on any atom is -0.497 e. The number of aromatic nitrogens is 2. The summed E-state index contributed by atoms with van der Waals surface area (Å²) in [6.45, 7) is 4.89. The van der Waals surface area contributed by atoms with Gasteiger partial charge < -0.3 is 14.8 Å². The molecular formula is C23H27N3O3. The maximum Gasteiger partial charge on any atom is 0.270 e. The third kappa shape index (κ3) is 4.77. The first-order valence-electron chi connectivity index (χ1n) is 9.69. The van der Waals surface area contributed by atoms with Gasteiger partial charge in [0.2, 0.25) is 0 Å². The number of nitrogens with zero attached hydrogens (tertiary/aromatic N) is 2. The second kappa shape index (κ2) is 9.28. The van der Waals surface area contributed by atoms with Crippen LogP contribution in [0.3, 0.4) is 0 Å². The van der Waals surface area contributed by atoms with Crippen LogP contribution in [0.4, 0.5) is 0 Å². The molecular weight excluding hydrogens is 366 g/mol. The molecule has 0 aliphatic carbocycles. The van der Waals surface area contributed by atoms with E-state index in [9.17, 15) is 4.79 Å². The van der Waals surface area contributed by atoms with Crippen LogP contribution in [0, 0.1) is 5.92 Å². The zero-order valence-electron chi connectivity index (χ0n) is 17.3. The van der Waals surface area contributed by atoms with E-state index in [1.807, 2.05) is 42.5 Å². The molecule has 1 N–H and O–H groups in total. The highest BCUT2D eigenvalue weighted by atomic mass is 16.5. The second-order valence-corrected chi connectivity index (χ2v) is 7.17. The summed E-state index contributed by atoms with van der Waals surface area (Å²) in [5.41, 5.74) is 2.75. The zero-order valence-corrected chi connectivity index (χ0v) is 17.3. The Morgan fingerprint density at radius 3 is 2.48 bits per heavy atom. The van der Waals surface area contributed by atoms with Gasteiger partial charge in [-0.05, 0) is 42.7 Å². The van der Waals surface area contributed by atoms with Crippen molar-refractivity contribution in [1.82, 2.24) is 15.1 Å². The number of ether oxygens (including phenoxy) is 2. The van der Waals surface area contributed by atoms with Gasteiger partial charge in [-0.3, -0.25) is 4.79 Å². The average molecular weight is 393 g/mol. The van der Waals surface area contributed by atoms with E-state index in [0.29, 0.717) is 35.3 Å². The van der Waals surface area contributed by atoms with Crippen molar-refractivity contribution in [3.05, 3.63) is 60.3 Å². The van der Waals surface area contributed by atoms with Crippen molar-refractivity contribution in [2.24, 2.45) is 5.92 Å². The number of methoxy groups -OCH3 is 2. The van der Waals surface area contributed by atoms with Crippen molar-refractivity contribution in [2.45, 2.75) is 20.3 Å². The van der Waals surface area contributed by atoms with Crippen LogP contribution in [-0.2, 0) is 0 Å². The molecule has 0 fully saturated rings. The van der Waals surface area contributed by atoms with Gasteiger partial charge in [-0.25, -0.2) is 4.68 Å². The van der Waals surface area contributed by atoms with E-state index in [1.54, 1.807) is 31.0 Å². The van der Waals surface area contributed by atoms with Gasteiger partial charge in [-0.2, -0.15) is 5.10 Å². The van der Waals surface area contributed by atoms with Gasteiger partial charge in [0.25, 0.3) is 5.91 Å². The summed E-state index contributed by atoms with van der Waals surface area (Å²) in [4.78, 5) is 12.9. The molecule has 0 atom stereocenters. The molecule has 0 saturated carbocycles. The highest BCUT2D eigenvalue weighted by Gasteiger charge is 2.19. The number of para-hydroxylation sites is 1. The molecule has 6 heteroatoms. The standard InChI is InChI=1S/C23H27N3O3/c1-16(2)12-13-24-23(27)21-15-20(25-26(21)17-8-6-5-7-9-17)19-11-10-18(28-3)14-22(19)29-4/h5-11,14-16H,12-13H2,1-4H3,(H,24,27). The Labute approximate surface area is 171 Å². The predicted molar refractivity (Wildman–Crippen MR) is 114 cm³/mol. The number of nitrogens with one attached hydrogen (secondary N) is 1. The normalized spacial score (nSPS) is 10.8. The van der Waals surface area contributed by atoms with Gasteiger partial charge in [0.15, 0.2) is 0 Å². The first-order chi connectivity index (χ1) is 14.0. The summed E-state index contributed by atoms with van der Waals surface area (Å²) in [7, 11) is 3.21. The van der Waals surface area contributed by atoms with E-state index in [1.165, 1.54) is 0 Å². The second-order valence-electron chi connectivity index (χ2n) is 7.17. The summed E-state index contributed by atoms with van der Waals surface area (Å²) in [6, 6.07) is 17.0. The first kappa shape index (κ1) is 20.5. The zero-order chi connectivity index (χ0) is 20.8. The van der Waals surface area contributed by atoms with Gasteiger partial charge in [-0.1, -0.05) is 32.0 Å². The Kier molecular flexibility index (Phi) is 6.54. The molecule has 1 heterocycles. The fraction of sp³-hybridized carbons (Fsp3) is 0.304. The monoisotopic (exact) mass is 393 g/mol. The van der Waals surface area contributed by atoms with Crippen LogP contribution in [0.5, 0.6) is 11.5 Å². The third-order valence-electron chi connectivity index (χ3n) is 4.63. The Morgan fingerprint density at radius 1 is 1.07 bits per heavy atom. The largest absolute Gasteiger partial charge is 0.497 e. The number of carbonyl (C=O) groups is 1. The first-order valence-corrected chi connectivity index (χ1v) is 9.69. The predicted octanol–water partition coefficient (Wildman–Crippen LogP) is 4.33. The minimum absolute atomic E-state index is 0.152.